The fourth-order valence-electron chi connectivity index (χ4n) is 5.35. The summed E-state index contributed by atoms with van der Waals surface area (Å²) in [5.74, 6) is 0.127. The van der Waals surface area contributed by atoms with Crippen LogP contribution < -0.4 is 11.1 Å². The van der Waals surface area contributed by atoms with Gasteiger partial charge < -0.3 is 25.6 Å². The van der Waals surface area contributed by atoms with Gasteiger partial charge in [-0.15, -0.1) is 0 Å². The molecule has 0 aromatic heterocycles. The number of phenolic OH excluding ortho intramolecular Hbond substituents is 1. The minimum Gasteiger partial charge on any atom is -0.508 e. The van der Waals surface area contributed by atoms with Gasteiger partial charge in [-0.1, -0.05) is 129 Å². The zero-order valence-electron chi connectivity index (χ0n) is 29.6. The number of phenols is 1. The Kier molecular flexibility index (Phi) is 27.2. The SMILES string of the molecule is CCCCCCCCCCCC(=O)OC[C@H](CSC[C@@H](N)C(=O)NCCc1cccc(O)c1)OC(=O)CCCCCCCCCCC. The lowest BCUT2D eigenvalue weighted by molar-refractivity contribution is -0.157. The van der Waals surface area contributed by atoms with E-state index in [-0.39, 0.29) is 30.2 Å². The number of nitrogens with two attached hydrogens (primary N) is 1. The molecule has 0 aliphatic heterocycles. The molecule has 0 bridgehead atoms. The number of thioether (sulfide) groups is 1. The number of hydrogen-bond donors (Lipinski definition) is 3. The molecule has 0 radical (unpaired) electrons. The van der Waals surface area contributed by atoms with Crippen LogP contribution in [0.25, 0.3) is 0 Å². The molecule has 0 aliphatic rings. The number of rotatable bonds is 31. The van der Waals surface area contributed by atoms with Crippen LogP contribution >= 0.6 is 11.8 Å². The molecule has 1 rings (SSSR count). The Morgan fingerprint density at radius 2 is 1.30 bits per heavy atom. The summed E-state index contributed by atoms with van der Waals surface area (Å²) in [6, 6.07) is 6.21. The highest BCUT2D eigenvalue weighted by molar-refractivity contribution is 7.99. The number of aromatic hydroxyl groups is 1. The topological polar surface area (TPSA) is 128 Å². The van der Waals surface area contributed by atoms with Gasteiger partial charge in [-0.2, -0.15) is 11.8 Å². The number of benzene rings is 1. The molecule has 270 valence electrons. The minimum atomic E-state index is -0.725. The fraction of sp³-hybridized carbons (Fsp3) is 0.763. The first-order valence-corrected chi connectivity index (χ1v) is 19.7. The first-order valence-electron chi connectivity index (χ1n) is 18.6. The van der Waals surface area contributed by atoms with E-state index in [1.807, 2.05) is 6.07 Å². The number of esters is 2. The van der Waals surface area contributed by atoms with Crippen molar-refractivity contribution in [2.75, 3.05) is 24.7 Å². The van der Waals surface area contributed by atoms with Crippen LogP contribution in [0.1, 0.15) is 148 Å². The van der Waals surface area contributed by atoms with Crippen molar-refractivity contribution in [3.63, 3.8) is 0 Å². The van der Waals surface area contributed by atoms with Gasteiger partial charge in [0.2, 0.25) is 5.91 Å². The molecule has 8 nitrogen and oxygen atoms in total. The molecule has 2 atom stereocenters. The predicted octanol–water partition coefficient (Wildman–Crippen LogP) is 8.41. The zero-order chi connectivity index (χ0) is 34.4. The van der Waals surface area contributed by atoms with Crippen molar-refractivity contribution in [3.05, 3.63) is 29.8 Å². The van der Waals surface area contributed by atoms with E-state index in [4.69, 9.17) is 15.2 Å². The summed E-state index contributed by atoms with van der Waals surface area (Å²) < 4.78 is 11.3. The van der Waals surface area contributed by atoms with E-state index in [2.05, 4.69) is 19.2 Å². The average molecular weight is 679 g/mol. The molecule has 0 saturated carbocycles. The summed E-state index contributed by atoms with van der Waals surface area (Å²) in [6.45, 7) is 4.87. The summed E-state index contributed by atoms with van der Waals surface area (Å²) in [5, 5.41) is 12.4. The summed E-state index contributed by atoms with van der Waals surface area (Å²) in [6.07, 6.45) is 21.9. The van der Waals surface area contributed by atoms with Crippen molar-refractivity contribution in [2.45, 2.75) is 161 Å². The molecule has 47 heavy (non-hydrogen) atoms. The van der Waals surface area contributed by atoms with Gasteiger partial charge in [0.1, 0.15) is 18.5 Å². The molecule has 0 aliphatic carbocycles. The molecule has 0 spiro atoms. The van der Waals surface area contributed by atoms with Crippen molar-refractivity contribution in [1.82, 2.24) is 5.32 Å². The van der Waals surface area contributed by atoms with Gasteiger partial charge in [0.15, 0.2) is 0 Å². The second kappa shape index (κ2) is 29.8. The van der Waals surface area contributed by atoms with Crippen LogP contribution in [0.3, 0.4) is 0 Å². The molecule has 1 aromatic carbocycles. The minimum absolute atomic E-state index is 0.0120. The third-order valence-corrected chi connectivity index (χ3v) is 9.46. The van der Waals surface area contributed by atoms with Gasteiger partial charge in [-0.3, -0.25) is 14.4 Å². The number of carbonyl (C=O) groups is 3. The number of unbranched alkanes of at least 4 members (excludes halogenated alkanes) is 16. The van der Waals surface area contributed by atoms with Gasteiger partial charge in [0.05, 0.1) is 6.04 Å². The Morgan fingerprint density at radius 1 is 0.766 bits per heavy atom. The lowest BCUT2D eigenvalue weighted by Gasteiger charge is -2.19. The Hall–Kier alpha value is -2.26. The van der Waals surface area contributed by atoms with Gasteiger partial charge in [0.25, 0.3) is 0 Å². The Morgan fingerprint density at radius 3 is 1.85 bits per heavy atom. The first-order chi connectivity index (χ1) is 22.8. The lowest BCUT2D eigenvalue weighted by atomic mass is 10.1. The number of hydrogen-bond acceptors (Lipinski definition) is 8. The predicted molar refractivity (Wildman–Crippen MR) is 195 cm³/mol. The number of nitrogens with one attached hydrogen (secondary N) is 1. The van der Waals surface area contributed by atoms with E-state index in [1.54, 1.807) is 18.2 Å². The highest BCUT2D eigenvalue weighted by atomic mass is 32.2. The van der Waals surface area contributed by atoms with Crippen LogP contribution in [0.4, 0.5) is 0 Å². The first kappa shape index (κ1) is 42.8. The van der Waals surface area contributed by atoms with Gasteiger partial charge >= 0.3 is 11.9 Å². The van der Waals surface area contributed by atoms with E-state index in [1.165, 1.54) is 88.8 Å². The Labute approximate surface area is 290 Å². The van der Waals surface area contributed by atoms with Crippen molar-refractivity contribution in [2.24, 2.45) is 5.73 Å². The second-order valence-corrected chi connectivity index (χ2v) is 13.9. The van der Waals surface area contributed by atoms with E-state index in [0.29, 0.717) is 37.3 Å². The summed E-state index contributed by atoms with van der Waals surface area (Å²) in [7, 11) is 0. The highest BCUT2D eigenvalue weighted by Crippen LogP contribution is 2.15. The molecule has 0 saturated heterocycles. The van der Waals surface area contributed by atoms with Crippen molar-refractivity contribution < 1.29 is 29.0 Å². The van der Waals surface area contributed by atoms with E-state index < -0.39 is 12.1 Å². The highest BCUT2D eigenvalue weighted by Gasteiger charge is 2.20. The molecular weight excluding hydrogens is 612 g/mol. The fourth-order valence-corrected chi connectivity index (χ4v) is 6.32. The van der Waals surface area contributed by atoms with Gasteiger partial charge in [-0.25, -0.2) is 0 Å². The molecule has 0 unspecified atom stereocenters. The molecule has 1 aromatic rings. The molecule has 4 N–H and O–H groups in total. The second-order valence-electron chi connectivity index (χ2n) is 12.8. The van der Waals surface area contributed by atoms with Crippen LogP contribution in [0.2, 0.25) is 0 Å². The standard InChI is InChI=1S/C38H66N2O6S/c1-3-5-7-9-11-13-15-17-19-24-36(42)45-29-34(46-37(43)25-20-18-16-14-12-10-8-6-4-2)30-47-31-35(39)38(44)40-27-26-32-22-21-23-33(41)28-32/h21-23,28,34-35,41H,3-20,24-27,29-31,39H2,1-2H3,(H,40,44)/t34-,35-/m1/s1. The molecule has 9 heteroatoms. The zero-order valence-corrected chi connectivity index (χ0v) is 30.4. The molecule has 0 heterocycles. The summed E-state index contributed by atoms with van der Waals surface area (Å²) >= 11 is 1.41. The number of amides is 1. The maximum absolute atomic E-state index is 12.6. The van der Waals surface area contributed by atoms with E-state index in [9.17, 15) is 19.5 Å². The Bertz CT molecular complexity index is 947. The summed E-state index contributed by atoms with van der Waals surface area (Å²) in [5.41, 5.74) is 7.05. The van der Waals surface area contributed by atoms with Crippen LogP contribution in [-0.4, -0.2) is 59.8 Å². The summed E-state index contributed by atoms with van der Waals surface area (Å²) in [4.78, 5) is 37.6. The third-order valence-electron chi connectivity index (χ3n) is 8.26. The van der Waals surface area contributed by atoms with Gasteiger partial charge in [0, 0.05) is 30.9 Å². The quantitative estimate of drug-likeness (QED) is 0.0528. The van der Waals surface area contributed by atoms with E-state index in [0.717, 1.165) is 44.1 Å². The van der Waals surface area contributed by atoms with Gasteiger partial charge in [-0.05, 0) is 37.0 Å². The molecule has 0 fully saturated rings. The maximum atomic E-state index is 12.6. The van der Waals surface area contributed by atoms with Crippen molar-refractivity contribution in [3.8, 4) is 5.75 Å². The van der Waals surface area contributed by atoms with Crippen LogP contribution in [-0.2, 0) is 30.3 Å². The van der Waals surface area contributed by atoms with Crippen molar-refractivity contribution in [1.29, 1.82) is 0 Å². The maximum Gasteiger partial charge on any atom is 0.306 e. The number of carbonyl (C=O) groups excluding carboxylic acids is 3. The Balaban J connectivity index is 2.40. The molecular formula is C38H66N2O6S. The largest absolute Gasteiger partial charge is 0.508 e. The normalized spacial score (nSPS) is 12.4. The van der Waals surface area contributed by atoms with Crippen LogP contribution in [0.15, 0.2) is 24.3 Å². The average Bonchev–Trinajstić information content (AvgIpc) is 3.05. The monoisotopic (exact) mass is 678 g/mol. The smallest absolute Gasteiger partial charge is 0.306 e. The molecule has 1 amide bonds. The van der Waals surface area contributed by atoms with Crippen LogP contribution in [0.5, 0.6) is 5.75 Å². The van der Waals surface area contributed by atoms with Crippen LogP contribution in [0, 0.1) is 0 Å². The van der Waals surface area contributed by atoms with Crippen molar-refractivity contribution >= 4 is 29.6 Å². The van der Waals surface area contributed by atoms with E-state index >= 15 is 0 Å². The third kappa shape index (κ3) is 25.4. The number of ether oxygens (including phenoxy) is 2. The lowest BCUT2D eigenvalue weighted by Crippen LogP contribution is -2.43.